The molecule has 2 rings (SSSR count). The number of piperidine rings is 1. The fourth-order valence-electron chi connectivity index (χ4n) is 3.57. The molecule has 8 heteroatoms. The van der Waals surface area contributed by atoms with Gasteiger partial charge in [-0.05, 0) is 39.8 Å². The predicted octanol–water partition coefficient (Wildman–Crippen LogP) is 3.16. The number of ether oxygens (including phenoxy) is 3. The fraction of sp³-hybridized carbons (Fsp3) is 0.579. The lowest BCUT2D eigenvalue weighted by Crippen LogP contribution is -2.58. The molecule has 1 heterocycles. The van der Waals surface area contributed by atoms with E-state index in [1.807, 2.05) is 0 Å². The molecule has 152 valence electrons. The van der Waals surface area contributed by atoms with Gasteiger partial charge < -0.3 is 19.5 Å². The first-order valence-corrected chi connectivity index (χ1v) is 8.56. The van der Waals surface area contributed by atoms with Crippen molar-refractivity contribution in [3.8, 4) is 17.2 Å². The zero-order valence-corrected chi connectivity index (χ0v) is 17.9. The molecule has 0 atom stereocenters. The second-order valence-electron chi connectivity index (χ2n) is 7.78. The molecular weight excluding hydrogens is 370 g/mol. The van der Waals surface area contributed by atoms with Crippen molar-refractivity contribution in [3.63, 3.8) is 0 Å². The van der Waals surface area contributed by atoms with Gasteiger partial charge in [-0.2, -0.15) is 5.10 Å². The quantitative estimate of drug-likeness (QED) is 0.743. The van der Waals surface area contributed by atoms with Crippen molar-refractivity contribution in [1.29, 1.82) is 0 Å². The van der Waals surface area contributed by atoms with E-state index < -0.39 is 0 Å². The summed E-state index contributed by atoms with van der Waals surface area (Å²) in [5.41, 5.74) is 3.85. The summed E-state index contributed by atoms with van der Waals surface area (Å²) < 4.78 is 15.9. The fourth-order valence-corrected chi connectivity index (χ4v) is 3.57. The summed E-state index contributed by atoms with van der Waals surface area (Å²) in [5, 5.41) is 7.95. The average Bonchev–Trinajstić information content (AvgIpc) is 2.55. The molecule has 0 radical (unpaired) electrons. The van der Waals surface area contributed by atoms with Crippen molar-refractivity contribution in [1.82, 2.24) is 10.7 Å². The number of hydrogen-bond donors (Lipinski definition) is 2. The maximum Gasteiger partial charge on any atom is 0.271 e. The minimum Gasteiger partial charge on any atom is -0.493 e. The van der Waals surface area contributed by atoms with Gasteiger partial charge in [-0.25, -0.2) is 5.43 Å². The molecule has 1 fully saturated rings. The Morgan fingerprint density at radius 1 is 1.00 bits per heavy atom. The molecule has 7 nitrogen and oxygen atoms in total. The van der Waals surface area contributed by atoms with Gasteiger partial charge in [-0.3, -0.25) is 4.79 Å². The van der Waals surface area contributed by atoms with Crippen LogP contribution in [0.3, 0.4) is 0 Å². The standard InChI is InChI=1S/C19H29N3O4.ClH/c1-18(2)10-13(11-19(3,4)22-18)20-21-17(23)12-8-14(24-5)16(26-7)15(9-12)25-6;/h8-9,22H,10-11H2,1-7H3,(H,21,23);1H. The van der Waals surface area contributed by atoms with Crippen molar-refractivity contribution < 1.29 is 19.0 Å². The van der Waals surface area contributed by atoms with E-state index in [1.165, 1.54) is 21.3 Å². The third-order valence-corrected chi connectivity index (χ3v) is 4.21. The first-order chi connectivity index (χ1) is 12.1. The summed E-state index contributed by atoms with van der Waals surface area (Å²) in [6.07, 6.45) is 1.54. The Morgan fingerprint density at radius 2 is 1.48 bits per heavy atom. The first-order valence-electron chi connectivity index (χ1n) is 8.56. The molecule has 0 bridgehead atoms. The Balaban J connectivity index is 0.00000364. The van der Waals surface area contributed by atoms with E-state index in [9.17, 15) is 4.79 Å². The number of carbonyl (C=O) groups is 1. The van der Waals surface area contributed by atoms with Crippen LogP contribution in [0.1, 0.15) is 50.9 Å². The van der Waals surface area contributed by atoms with Crippen molar-refractivity contribution in [2.45, 2.75) is 51.6 Å². The van der Waals surface area contributed by atoms with E-state index in [-0.39, 0.29) is 29.4 Å². The molecule has 1 saturated heterocycles. The van der Waals surface area contributed by atoms with Crippen LogP contribution in [0, 0.1) is 0 Å². The molecule has 0 aromatic heterocycles. The van der Waals surface area contributed by atoms with Gasteiger partial charge in [0, 0.05) is 35.2 Å². The van der Waals surface area contributed by atoms with Crippen molar-refractivity contribution in [3.05, 3.63) is 17.7 Å². The molecule has 0 aliphatic carbocycles. The van der Waals surface area contributed by atoms with Crippen LogP contribution in [0.4, 0.5) is 0 Å². The highest BCUT2D eigenvalue weighted by molar-refractivity contribution is 5.97. The van der Waals surface area contributed by atoms with Crippen molar-refractivity contribution in [2.24, 2.45) is 5.10 Å². The van der Waals surface area contributed by atoms with Gasteiger partial charge in [0.25, 0.3) is 5.91 Å². The summed E-state index contributed by atoms with van der Waals surface area (Å²) >= 11 is 0. The molecule has 1 aromatic rings. The number of carbonyl (C=O) groups excluding carboxylic acids is 1. The lowest BCUT2D eigenvalue weighted by Gasteiger charge is -2.43. The molecule has 1 aromatic carbocycles. The molecule has 27 heavy (non-hydrogen) atoms. The topological polar surface area (TPSA) is 81.2 Å². The molecule has 2 N–H and O–H groups in total. The summed E-state index contributed by atoms with van der Waals surface area (Å²) in [5.74, 6) is 0.966. The van der Waals surface area contributed by atoms with Crippen LogP contribution >= 0.6 is 12.4 Å². The Kier molecular flexibility index (Phi) is 7.51. The number of amides is 1. The SMILES string of the molecule is COc1cc(C(=O)NN=C2CC(C)(C)NC(C)(C)C2)cc(OC)c1OC.Cl. The summed E-state index contributed by atoms with van der Waals surface area (Å²) in [4.78, 5) is 12.6. The zero-order chi connectivity index (χ0) is 19.5. The minimum absolute atomic E-state index is 0. The Hall–Kier alpha value is -1.99. The molecule has 0 unspecified atom stereocenters. The van der Waals surface area contributed by atoms with Gasteiger partial charge in [0.05, 0.1) is 21.3 Å². The van der Waals surface area contributed by atoms with Crippen LogP contribution in [0.5, 0.6) is 17.2 Å². The number of benzene rings is 1. The number of methoxy groups -OCH3 is 3. The zero-order valence-electron chi connectivity index (χ0n) is 17.1. The van der Waals surface area contributed by atoms with E-state index in [4.69, 9.17) is 14.2 Å². The van der Waals surface area contributed by atoms with Gasteiger partial charge in [-0.1, -0.05) is 0 Å². The second kappa shape index (κ2) is 8.80. The Bertz CT molecular complexity index is 674. The maximum atomic E-state index is 12.6. The van der Waals surface area contributed by atoms with Crippen molar-refractivity contribution >= 4 is 24.0 Å². The largest absolute Gasteiger partial charge is 0.493 e. The number of hydrazone groups is 1. The van der Waals surface area contributed by atoms with E-state index >= 15 is 0 Å². The van der Waals surface area contributed by atoms with E-state index in [0.717, 1.165) is 18.6 Å². The monoisotopic (exact) mass is 399 g/mol. The number of nitrogens with one attached hydrogen (secondary N) is 2. The third kappa shape index (κ3) is 5.74. The van der Waals surface area contributed by atoms with Crippen LogP contribution in [0.15, 0.2) is 17.2 Å². The van der Waals surface area contributed by atoms with Crippen LogP contribution in [0.25, 0.3) is 0 Å². The second-order valence-corrected chi connectivity index (χ2v) is 7.78. The summed E-state index contributed by atoms with van der Waals surface area (Å²) in [6.45, 7) is 8.52. The molecule has 1 aliphatic rings. The predicted molar refractivity (Wildman–Crippen MR) is 109 cm³/mol. The first kappa shape index (κ1) is 23.0. The van der Waals surface area contributed by atoms with Gasteiger partial charge in [0.15, 0.2) is 11.5 Å². The van der Waals surface area contributed by atoms with Crippen LogP contribution in [-0.4, -0.2) is 44.0 Å². The number of nitrogens with zero attached hydrogens (tertiary/aromatic N) is 1. The molecule has 1 amide bonds. The Morgan fingerprint density at radius 3 is 1.89 bits per heavy atom. The third-order valence-electron chi connectivity index (χ3n) is 4.21. The van der Waals surface area contributed by atoms with Gasteiger partial charge in [0.1, 0.15) is 0 Å². The smallest absolute Gasteiger partial charge is 0.271 e. The lowest BCUT2D eigenvalue weighted by molar-refractivity contribution is 0.0953. The Labute approximate surface area is 167 Å². The van der Waals surface area contributed by atoms with Gasteiger partial charge >= 0.3 is 0 Å². The number of halogens is 1. The molecule has 1 aliphatic heterocycles. The highest BCUT2D eigenvalue weighted by atomic mass is 35.5. The van der Waals surface area contributed by atoms with E-state index in [2.05, 4.69) is 43.5 Å². The summed E-state index contributed by atoms with van der Waals surface area (Å²) in [7, 11) is 4.55. The highest BCUT2D eigenvalue weighted by Crippen LogP contribution is 2.38. The van der Waals surface area contributed by atoms with Crippen molar-refractivity contribution in [2.75, 3.05) is 21.3 Å². The highest BCUT2D eigenvalue weighted by Gasteiger charge is 2.35. The molecule has 0 saturated carbocycles. The van der Waals surface area contributed by atoms with Crippen LogP contribution in [0.2, 0.25) is 0 Å². The van der Waals surface area contributed by atoms with Gasteiger partial charge in [0.2, 0.25) is 5.75 Å². The number of hydrogen-bond acceptors (Lipinski definition) is 6. The van der Waals surface area contributed by atoms with Crippen LogP contribution in [-0.2, 0) is 0 Å². The van der Waals surface area contributed by atoms with Crippen LogP contribution < -0.4 is 25.0 Å². The normalized spacial score (nSPS) is 17.4. The van der Waals surface area contributed by atoms with Gasteiger partial charge in [-0.15, -0.1) is 12.4 Å². The maximum absolute atomic E-state index is 12.6. The average molecular weight is 400 g/mol. The number of rotatable bonds is 5. The molecule has 0 spiro atoms. The van der Waals surface area contributed by atoms with E-state index in [1.54, 1.807) is 12.1 Å². The lowest BCUT2D eigenvalue weighted by atomic mass is 9.81. The summed E-state index contributed by atoms with van der Waals surface area (Å²) in [6, 6.07) is 3.21. The minimum atomic E-state index is -0.328. The molecular formula is C19H30ClN3O4. The van der Waals surface area contributed by atoms with E-state index in [0.29, 0.717) is 22.8 Å².